The molecule has 1 aromatic heterocycles. The molecule has 1 fully saturated rings. The second-order valence-corrected chi connectivity index (χ2v) is 8.55. The molecule has 0 saturated carbocycles. The lowest BCUT2D eigenvalue weighted by molar-refractivity contribution is -0.116. The van der Waals surface area contributed by atoms with Gasteiger partial charge in [-0.3, -0.25) is 14.5 Å². The lowest BCUT2D eigenvalue weighted by atomic mass is 10.0. The number of ether oxygens (including phenoxy) is 1. The number of morpholine rings is 1. The Hall–Kier alpha value is -2.74. The van der Waals surface area contributed by atoms with E-state index in [2.05, 4.69) is 34.3 Å². The van der Waals surface area contributed by atoms with Gasteiger partial charge in [-0.1, -0.05) is 30.3 Å². The summed E-state index contributed by atoms with van der Waals surface area (Å²) in [5.74, 6) is 0.00477. The number of H-pyrrole nitrogens is 1. The smallest absolute Gasteiger partial charge is 0.272 e. The second kappa shape index (κ2) is 11.4. The number of fused-ring (bicyclic) bond motifs is 1. The van der Waals surface area contributed by atoms with Crippen LogP contribution in [-0.4, -0.2) is 52.8 Å². The largest absolute Gasteiger partial charge is 0.373 e. The van der Waals surface area contributed by atoms with Crippen molar-refractivity contribution < 1.29 is 9.53 Å². The number of aromatic amines is 1. The fourth-order valence-electron chi connectivity index (χ4n) is 4.39. The first-order chi connectivity index (χ1) is 15.5. The average Bonchev–Trinajstić information content (AvgIpc) is 2.77. The minimum Gasteiger partial charge on any atom is -0.373 e. The van der Waals surface area contributed by atoms with Gasteiger partial charge in [0.2, 0.25) is 5.91 Å². The minimum atomic E-state index is -0.213. The number of carbonyl (C=O) groups is 1. The lowest BCUT2D eigenvalue weighted by Crippen LogP contribution is -2.45. The van der Waals surface area contributed by atoms with Crippen LogP contribution >= 0.6 is 12.4 Å². The summed E-state index contributed by atoms with van der Waals surface area (Å²) in [6, 6.07) is 14.9. The number of hydrogen-bond acceptors (Lipinski definition) is 5. The first kappa shape index (κ1) is 24.9. The molecule has 2 aromatic carbocycles. The van der Waals surface area contributed by atoms with Gasteiger partial charge in [0.15, 0.2) is 0 Å². The van der Waals surface area contributed by atoms with Crippen molar-refractivity contribution in [1.29, 1.82) is 0 Å². The van der Waals surface area contributed by atoms with E-state index >= 15 is 0 Å². The number of unbranched alkanes of at least 4 members (excludes halogenated alkanes) is 1. The van der Waals surface area contributed by atoms with Gasteiger partial charge in [0.1, 0.15) is 0 Å². The molecular formula is C25H31ClN4O3. The Labute approximate surface area is 199 Å². The Morgan fingerprint density at radius 2 is 1.82 bits per heavy atom. The van der Waals surface area contributed by atoms with E-state index in [9.17, 15) is 9.59 Å². The van der Waals surface area contributed by atoms with Gasteiger partial charge in [-0.25, -0.2) is 5.10 Å². The molecule has 0 radical (unpaired) electrons. The van der Waals surface area contributed by atoms with E-state index in [4.69, 9.17) is 4.74 Å². The second-order valence-electron chi connectivity index (χ2n) is 8.55. The van der Waals surface area contributed by atoms with Crippen molar-refractivity contribution in [2.24, 2.45) is 0 Å². The monoisotopic (exact) mass is 470 g/mol. The van der Waals surface area contributed by atoms with Crippen molar-refractivity contribution >= 4 is 34.8 Å². The molecule has 0 spiro atoms. The minimum absolute atomic E-state index is 0. The molecule has 4 rings (SSSR count). The van der Waals surface area contributed by atoms with Crippen LogP contribution in [0.15, 0.2) is 53.3 Å². The van der Waals surface area contributed by atoms with Crippen molar-refractivity contribution in [1.82, 2.24) is 15.1 Å². The number of nitrogens with zero attached hydrogens (tertiary/aromatic N) is 2. The molecule has 2 N–H and O–H groups in total. The number of aromatic nitrogens is 2. The van der Waals surface area contributed by atoms with Gasteiger partial charge in [0.25, 0.3) is 5.56 Å². The number of nitrogens with one attached hydrogen (secondary N) is 2. The summed E-state index contributed by atoms with van der Waals surface area (Å²) in [6.07, 6.45) is 2.85. The van der Waals surface area contributed by atoms with Gasteiger partial charge >= 0.3 is 0 Å². The van der Waals surface area contributed by atoms with E-state index in [1.54, 1.807) is 6.07 Å². The summed E-state index contributed by atoms with van der Waals surface area (Å²) >= 11 is 0. The van der Waals surface area contributed by atoms with E-state index in [1.807, 2.05) is 42.5 Å². The van der Waals surface area contributed by atoms with Crippen LogP contribution in [0.25, 0.3) is 22.0 Å². The summed E-state index contributed by atoms with van der Waals surface area (Å²) in [6.45, 7) is 7.12. The molecule has 2 unspecified atom stereocenters. The maximum absolute atomic E-state index is 12.5. The van der Waals surface area contributed by atoms with Crippen molar-refractivity contribution in [3.63, 3.8) is 0 Å². The van der Waals surface area contributed by atoms with Crippen LogP contribution in [0.1, 0.15) is 33.1 Å². The molecule has 1 aliphatic heterocycles. The fourth-order valence-corrected chi connectivity index (χ4v) is 4.39. The quantitative estimate of drug-likeness (QED) is 0.504. The first-order valence-corrected chi connectivity index (χ1v) is 11.2. The molecule has 1 aliphatic rings. The van der Waals surface area contributed by atoms with Crippen LogP contribution in [0, 0.1) is 0 Å². The summed E-state index contributed by atoms with van der Waals surface area (Å²) in [5.41, 5.74) is 2.03. The van der Waals surface area contributed by atoms with Crippen LogP contribution in [0.3, 0.4) is 0 Å². The SMILES string of the molecule is CC1CN(CCCCC(=O)Nc2cccc(-c3n[nH]c(=O)c4ccccc34)c2)CC(C)O1.Cl. The standard InChI is InChI=1S/C25H30N4O3.ClH/c1-17-15-29(16-18(2)32-17)13-6-5-12-23(30)26-20-9-7-8-19(14-20)24-21-10-3-4-11-22(21)25(31)28-27-24;/h3-4,7-11,14,17-18H,5-6,12-13,15-16H2,1-2H3,(H,26,30)(H,28,31);1H. The maximum atomic E-state index is 12.5. The highest BCUT2D eigenvalue weighted by Crippen LogP contribution is 2.26. The third-order valence-corrected chi connectivity index (χ3v) is 5.74. The van der Waals surface area contributed by atoms with Crippen molar-refractivity contribution in [2.45, 2.75) is 45.3 Å². The number of benzene rings is 2. The molecule has 33 heavy (non-hydrogen) atoms. The molecule has 0 bridgehead atoms. The summed E-state index contributed by atoms with van der Waals surface area (Å²) in [5, 5.41) is 11.2. The molecule has 1 saturated heterocycles. The topological polar surface area (TPSA) is 87.3 Å². The summed E-state index contributed by atoms with van der Waals surface area (Å²) in [7, 11) is 0. The third-order valence-electron chi connectivity index (χ3n) is 5.74. The highest BCUT2D eigenvalue weighted by Gasteiger charge is 2.21. The molecule has 8 heteroatoms. The highest BCUT2D eigenvalue weighted by molar-refractivity contribution is 5.95. The van der Waals surface area contributed by atoms with Crippen LogP contribution in [-0.2, 0) is 9.53 Å². The normalized spacial score (nSPS) is 18.6. The van der Waals surface area contributed by atoms with E-state index in [1.165, 1.54) is 0 Å². The number of carbonyl (C=O) groups excluding carboxylic acids is 1. The van der Waals surface area contributed by atoms with Crippen molar-refractivity contribution in [2.75, 3.05) is 25.0 Å². The van der Waals surface area contributed by atoms with Crippen LogP contribution < -0.4 is 10.9 Å². The van der Waals surface area contributed by atoms with Gasteiger partial charge < -0.3 is 10.1 Å². The van der Waals surface area contributed by atoms with E-state index in [0.717, 1.165) is 49.1 Å². The van der Waals surface area contributed by atoms with Gasteiger partial charge in [-0.2, -0.15) is 5.10 Å². The molecule has 1 amide bonds. The molecule has 2 heterocycles. The molecule has 0 aliphatic carbocycles. The lowest BCUT2D eigenvalue weighted by Gasteiger charge is -2.35. The predicted octanol–water partition coefficient (Wildman–Crippen LogP) is 4.23. The molecule has 176 valence electrons. The maximum Gasteiger partial charge on any atom is 0.272 e. The predicted molar refractivity (Wildman–Crippen MR) is 134 cm³/mol. The highest BCUT2D eigenvalue weighted by atomic mass is 35.5. The Morgan fingerprint density at radius 3 is 2.58 bits per heavy atom. The van der Waals surface area contributed by atoms with Gasteiger partial charge in [-0.05, 0) is 51.4 Å². The van der Waals surface area contributed by atoms with Gasteiger partial charge in [-0.15, -0.1) is 12.4 Å². The molecule has 2 atom stereocenters. The van der Waals surface area contributed by atoms with Crippen LogP contribution in [0.4, 0.5) is 5.69 Å². The fraction of sp³-hybridized carbons (Fsp3) is 0.400. The average molecular weight is 471 g/mol. The molecular weight excluding hydrogens is 440 g/mol. The van der Waals surface area contributed by atoms with Crippen molar-refractivity contribution in [3.05, 3.63) is 58.9 Å². The zero-order valence-corrected chi connectivity index (χ0v) is 19.9. The summed E-state index contributed by atoms with van der Waals surface area (Å²) < 4.78 is 5.77. The molecule has 7 nitrogen and oxygen atoms in total. The Morgan fingerprint density at radius 1 is 1.09 bits per heavy atom. The number of anilines is 1. The Balaban J connectivity index is 0.00000306. The zero-order chi connectivity index (χ0) is 22.5. The zero-order valence-electron chi connectivity index (χ0n) is 19.0. The van der Waals surface area contributed by atoms with Crippen molar-refractivity contribution in [3.8, 4) is 11.3 Å². The Bertz CT molecular complexity index is 1140. The number of amides is 1. The number of rotatable bonds is 7. The van der Waals surface area contributed by atoms with E-state index < -0.39 is 0 Å². The van der Waals surface area contributed by atoms with Gasteiger partial charge in [0.05, 0.1) is 23.3 Å². The Kier molecular flexibility index (Phi) is 8.61. The summed E-state index contributed by atoms with van der Waals surface area (Å²) in [4.78, 5) is 26.9. The molecule has 3 aromatic rings. The van der Waals surface area contributed by atoms with Crippen LogP contribution in [0.2, 0.25) is 0 Å². The van der Waals surface area contributed by atoms with E-state index in [0.29, 0.717) is 17.5 Å². The number of halogens is 1. The van der Waals surface area contributed by atoms with E-state index in [-0.39, 0.29) is 36.1 Å². The first-order valence-electron chi connectivity index (χ1n) is 11.2. The van der Waals surface area contributed by atoms with Crippen LogP contribution in [0.5, 0.6) is 0 Å². The number of hydrogen-bond donors (Lipinski definition) is 2. The third kappa shape index (κ3) is 6.41. The van der Waals surface area contributed by atoms with Gasteiger partial charge in [0, 0.05) is 36.1 Å².